The van der Waals surface area contributed by atoms with Gasteiger partial charge in [-0.2, -0.15) is 0 Å². The SMILES string of the molecule is Cc1cc(N2CCC3(CNC(=O)CO3)C2)c2cc(F)cc(F)c2n1. The van der Waals surface area contributed by atoms with Gasteiger partial charge in [0, 0.05) is 42.5 Å². The molecule has 1 N–H and O–H groups in total. The Morgan fingerprint density at radius 3 is 2.92 bits per heavy atom. The smallest absolute Gasteiger partial charge is 0.246 e. The van der Waals surface area contributed by atoms with Gasteiger partial charge in [-0.25, -0.2) is 13.8 Å². The molecule has 7 heteroatoms. The van der Waals surface area contributed by atoms with Crippen molar-refractivity contribution in [2.24, 2.45) is 0 Å². The van der Waals surface area contributed by atoms with Crippen molar-refractivity contribution in [3.8, 4) is 0 Å². The van der Waals surface area contributed by atoms with Crippen LogP contribution in [0.2, 0.25) is 0 Å². The fourth-order valence-corrected chi connectivity index (χ4v) is 3.51. The minimum atomic E-state index is -0.662. The summed E-state index contributed by atoms with van der Waals surface area (Å²) in [6.45, 7) is 3.53. The molecule has 2 aliphatic rings. The standard InChI is InChI=1S/C17H17F2N3O2/c1-10-4-14(12-5-11(18)6-13(19)16(12)21-10)22-3-2-17(9-22)8-20-15(23)7-24-17/h4-6H,2-3,7-9H2,1H3,(H,20,23). The molecule has 1 spiro atoms. The molecule has 0 bridgehead atoms. The number of halogens is 2. The number of carbonyl (C=O) groups is 1. The number of aromatic nitrogens is 1. The van der Waals surface area contributed by atoms with E-state index in [2.05, 4.69) is 10.3 Å². The molecule has 2 fully saturated rings. The first-order valence-corrected chi connectivity index (χ1v) is 7.88. The van der Waals surface area contributed by atoms with Crippen molar-refractivity contribution in [2.75, 3.05) is 31.1 Å². The van der Waals surface area contributed by atoms with Crippen LogP contribution in [-0.4, -0.2) is 42.7 Å². The third-order valence-electron chi connectivity index (χ3n) is 4.71. The van der Waals surface area contributed by atoms with Gasteiger partial charge in [0.05, 0.1) is 0 Å². The largest absolute Gasteiger partial charge is 0.368 e. The van der Waals surface area contributed by atoms with Crippen molar-refractivity contribution in [3.05, 3.63) is 35.5 Å². The number of rotatable bonds is 1. The summed E-state index contributed by atoms with van der Waals surface area (Å²) in [5.74, 6) is -1.40. The van der Waals surface area contributed by atoms with E-state index < -0.39 is 17.2 Å². The van der Waals surface area contributed by atoms with Crippen LogP contribution in [0.1, 0.15) is 12.1 Å². The number of anilines is 1. The first-order valence-electron chi connectivity index (χ1n) is 7.88. The third kappa shape index (κ3) is 2.49. The molecule has 1 unspecified atom stereocenters. The lowest BCUT2D eigenvalue weighted by Gasteiger charge is -2.34. The molecule has 1 amide bonds. The van der Waals surface area contributed by atoms with E-state index in [0.29, 0.717) is 30.7 Å². The average Bonchev–Trinajstić information content (AvgIpc) is 2.95. The first-order chi connectivity index (χ1) is 11.5. The van der Waals surface area contributed by atoms with Gasteiger partial charge in [-0.05, 0) is 25.5 Å². The van der Waals surface area contributed by atoms with E-state index in [0.717, 1.165) is 18.2 Å². The van der Waals surface area contributed by atoms with E-state index in [9.17, 15) is 13.6 Å². The van der Waals surface area contributed by atoms with Crippen LogP contribution < -0.4 is 10.2 Å². The summed E-state index contributed by atoms with van der Waals surface area (Å²) >= 11 is 0. The van der Waals surface area contributed by atoms with Crippen LogP contribution >= 0.6 is 0 Å². The molecule has 0 radical (unpaired) electrons. The van der Waals surface area contributed by atoms with Crippen molar-refractivity contribution in [3.63, 3.8) is 0 Å². The quantitative estimate of drug-likeness (QED) is 0.866. The van der Waals surface area contributed by atoms with Gasteiger partial charge in [0.15, 0.2) is 5.82 Å². The van der Waals surface area contributed by atoms with Gasteiger partial charge in [0.1, 0.15) is 23.5 Å². The molecule has 24 heavy (non-hydrogen) atoms. The number of morpholine rings is 1. The number of aryl methyl sites for hydroxylation is 1. The lowest BCUT2D eigenvalue weighted by Crippen LogP contribution is -2.53. The molecular formula is C17H17F2N3O2. The highest BCUT2D eigenvalue weighted by Crippen LogP contribution is 2.35. The number of benzene rings is 1. The number of fused-ring (bicyclic) bond motifs is 1. The normalized spacial score (nSPS) is 24.0. The number of ether oxygens (including phenoxy) is 1. The Morgan fingerprint density at radius 1 is 1.33 bits per heavy atom. The van der Waals surface area contributed by atoms with Gasteiger partial charge >= 0.3 is 0 Å². The number of hydrogen-bond acceptors (Lipinski definition) is 4. The van der Waals surface area contributed by atoms with Gasteiger partial charge < -0.3 is 15.0 Å². The highest BCUT2D eigenvalue weighted by Gasteiger charge is 2.42. The number of amides is 1. The Labute approximate surface area is 137 Å². The Morgan fingerprint density at radius 2 is 2.17 bits per heavy atom. The summed E-state index contributed by atoms with van der Waals surface area (Å²) in [5.41, 5.74) is 1.14. The molecule has 0 aliphatic carbocycles. The van der Waals surface area contributed by atoms with E-state index in [1.165, 1.54) is 6.07 Å². The second kappa shape index (κ2) is 5.37. The maximum Gasteiger partial charge on any atom is 0.246 e. The topological polar surface area (TPSA) is 54.5 Å². The van der Waals surface area contributed by atoms with E-state index >= 15 is 0 Å². The van der Waals surface area contributed by atoms with Gasteiger partial charge in [-0.1, -0.05) is 0 Å². The van der Waals surface area contributed by atoms with E-state index in [1.54, 1.807) is 6.92 Å². The van der Waals surface area contributed by atoms with Crippen molar-refractivity contribution in [1.82, 2.24) is 10.3 Å². The van der Waals surface area contributed by atoms with Gasteiger partial charge in [0.2, 0.25) is 5.91 Å². The maximum atomic E-state index is 14.1. The highest BCUT2D eigenvalue weighted by atomic mass is 19.1. The molecule has 0 saturated carbocycles. The predicted octanol–water partition coefficient (Wildman–Crippen LogP) is 1.92. The van der Waals surface area contributed by atoms with E-state index in [4.69, 9.17) is 4.74 Å². The molecule has 126 valence electrons. The summed E-state index contributed by atoms with van der Waals surface area (Å²) in [4.78, 5) is 17.6. The van der Waals surface area contributed by atoms with Gasteiger partial charge in [-0.15, -0.1) is 0 Å². The van der Waals surface area contributed by atoms with Crippen LogP contribution in [0.3, 0.4) is 0 Å². The molecule has 4 rings (SSSR count). The van der Waals surface area contributed by atoms with Gasteiger partial charge in [0.25, 0.3) is 0 Å². The number of hydrogen-bond donors (Lipinski definition) is 1. The second-order valence-corrected chi connectivity index (χ2v) is 6.49. The fraction of sp³-hybridized carbons (Fsp3) is 0.412. The molecule has 1 atom stereocenters. The summed E-state index contributed by atoms with van der Waals surface area (Å²) in [6, 6.07) is 4.00. The first kappa shape index (κ1) is 15.3. The summed E-state index contributed by atoms with van der Waals surface area (Å²) < 4.78 is 33.6. The van der Waals surface area contributed by atoms with Crippen LogP contribution in [0.5, 0.6) is 0 Å². The zero-order chi connectivity index (χ0) is 16.9. The third-order valence-corrected chi connectivity index (χ3v) is 4.71. The number of pyridine rings is 1. The number of carbonyl (C=O) groups excluding carboxylic acids is 1. The molecule has 2 aromatic rings. The molecule has 1 aromatic carbocycles. The Bertz CT molecular complexity index is 830. The van der Waals surface area contributed by atoms with Crippen molar-refractivity contribution < 1.29 is 18.3 Å². The molecular weight excluding hydrogens is 316 g/mol. The Balaban J connectivity index is 1.73. The molecule has 1 aromatic heterocycles. The lowest BCUT2D eigenvalue weighted by atomic mass is 10.0. The summed E-state index contributed by atoms with van der Waals surface area (Å²) in [7, 11) is 0. The van der Waals surface area contributed by atoms with Gasteiger partial charge in [-0.3, -0.25) is 4.79 Å². The van der Waals surface area contributed by atoms with E-state index in [-0.39, 0.29) is 18.0 Å². The van der Waals surface area contributed by atoms with E-state index in [1.807, 2.05) is 11.0 Å². The summed E-state index contributed by atoms with van der Waals surface area (Å²) in [5, 5.41) is 3.28. The van der Waals surface area contributed by atoms with Crippen LogP contribution in [0.25, 0.3) is 10.9 Å². The lowest BCUT2D eigenvalue weighted by molar-refractivity contribution is -0.141. The second-order valence-electron chi connectivity index (χ2n) is 6.49. The maximum absolute atomic E-state index is 14.1. The zero-order valence-electron chi connectivity index (χ0n) is 13.2. The Kier molecular flexibility index (Phi) is 3.42. The fourth-order valence-electron chi connectivity index (χ4n) is 3.51. The van der Waals surface area contributed by atoms with Crippen LogP contribution in [0, 0.1) is 18.6 Å². The minimum Gasteiger partial charge on any atom is -0.368 e. The predicted molar refractivity (Wildman–Crippen MR) is 84.9 cm³/mol. The highest BCUT2D eigenvalue weighted by molar-refractivity contribution is 5.92. The van der Waals surface area contributed by atoms with Crippen molar-refractivity contribution in [1.29, 1.82) is 0 Å². The average molecular weight is 333 g/mol. The molecule has 2 aliphatic heterocycles. The molecule has 3 heterocycles. The monoisotopic (exact) mass is 333 g/mol. The number of nitrogens with one attached hydrogen (secondary N) is 1. The number of nitrogens with zero attached hydrogens (tertiary/aromatic N) is 2. The van der Waals surface area contributed by atoms with Crippen molar-refractivity contribution >= 4 is 22.5 Å². The summed E-state index contributed by atoms with van der Waals surface area (Å²) in [6.07, 6.45) is 0.744. The van der Waals surface area contributed by atoms with Crippen LogP contribution in [0.4, 0.5) is 14.5 Å². The van der Waals surface area contributed by atoms with Crippen molar-refractivity contribution in [2.45, 2.75) is 18.9 Å². The Hall–Kier alpha value is -2.28. The zero-order valence-corrected chi connectivity index (χ0v) is 13.2. The minimum absolute atomic E-state index is 0.0488. The molecule has 2 saturated heterocycles. The van der Waals surface area contributed by atoms with Crippen LogP contribution in [-0.2, 0) is 9.53 Å². The molecule has 5 nitrogen and oxygen atoms in total. The van der Waals surface area contributed by atoms with Crippen LogP contribution in [0.15, 0.2) is 18.2 Å².